The van der Waals surface area contributed by atoms with Crippen molar-refractivity contribution in [3.8, 4) is 0 Å². The van der Waals surface area contributed by atoms with Crippen molar-refractivity contribution in [2.24, 2.45) is 7.05 Å². The van der Waals surface area contributed by atoms with Crippen LogP contribution in [0.5, 0.6) is 0 Å². The number of methoxy groups -OCH3 is 1. The molecule has 126 valence electrons. The highest BCUT2D eigenvalue weighted by Gasteiger charge is 2.26. The Morgan fingerprint density at radius 3 is 2.55 bits per heavy atom. The van der Waals surface area contributed by atoms with Gasteiger partial charge in [0.05, 0.1) is 18.1 Å². The molecule has 1 aromatic heterocycles. The first-order valence-electron chi connectivity index (χ1n) is 6.74. The summed E-state index contributed by atoms with van der Waals surface area (Å²) in [6.07, 6.45) is 0.793. The topological polar surface area (TPSA) is 99.5 Å². The van der Waals surface area contributed by atoms with Gasteiger partial charge in [0.1, 0.15) is 11.2 Å². The van der Waals surface area contributed by atoms with Crippen molar-refractivity contribution < 1.29 is 22.7 Å². The molecule has 1 unspecified atom stereocenters. The maximum atomic E-state index is 12.1. The molecular formula is C13H23N3O5S. The first kappa shape index (κ1) is 18.4. The Labute approximate surface area is 130 Å². The van der Waals surface area contributed by atoms with Crippen LogP contribution in [0.2, 0.25) is 0 Å². The molecule has 22 heavy (non-hydrogen) atoms. The average Bonchev–Trinajstić information content (AvgIpc) is 2.67. The molecule has 0 aliphatic heterocycles. The van der Waals surface area contributed by atoms with Crippen LogP contribution in [0.4, 0.5) is 5.82 Å². The fourth-order valence-electron chi connectivity index (χ4n) is 1.61. The fraction of sp³-hybridized carbons (Fsp3) is 0.692. The van der Waals surface area contributed by atoms with E-state index in [1.165, 1.54) is 25.0 Å². The summed E-state index contributed by atoms with van der Waals surface area (Å²) in [6, 6.07) is 0. The van der Waals surface area contributed by atoms with Crippen molar-refractivity contribution in [3.05, 3.63) is 11.8 Å². The van der Waals surface area contributed by atoms with E-state index in [0.717, 1.165) is 0 Å². The SMILES string of the molecule is COC(C)CS(=O)(=O)Nc1c(C(=O)OC(C)(C)C)cnn1C. The van der Waals surface area contributed by atoms with Crippen molar-refractivity contribution in [1.29, 1.82) is 0 Å². The maximum absolute atomic E-state index is 12.1. The summed E-state index contributed by atoms with van der Waals surface area (Å²) in [5, 5.41) is 3.91. The zero-order valence-corrected chi connectivity index (χ0v) is 14.5. The lowest BCUT2D eigenvalue weighted by Gasteiger charge is -2.19. The molecule has 0 spiro atoms. The highest BCUT2D eigenvalue weighted by Crippen LogP contribution is 2.20. The molecule has 1 aromatic rings. The number of hydrogen-bond acceptors (Lipinski definition) is 6. The third-order valence-corrected chi connectivity index (χ3v) is 4.08. The number of hydrogen-bond donors (Lipinski definition) is 1. The molecule has 0 saturated carbocycles. The van der Waals surface area contributed by atoms with Gasteiger partial charge in [0.25, 0.3) is 0 Å². The molecule has 9 heteroatoms. The van der Waals surface area contributed by atoms with E-state index in [1.807, 2.05) is 0 Å². The monoisotopic (exact) mass is 333 g/mol. The molecule has 1 N–H and O–H groups in total. The van der Waals surface area contributed by atoms with Gasteiger partial charge in [-0.05, 0) is 27.7 Å². The van der Waals surface area contributed by atoms with Crippen molar-refractivity contribution in [2.45, 2.75) is 39.4 Å². The van der Waals surface area contributed by atoms with Crippen LogP contribution in [0.25, 0.3) is 0 Å². The van der Waals surface area contributed by atoms with Crippen molar-refractivity contribution in [1.82, 2.24) is 9.78 Å². The van der Waals surface area contributed by atoms with Crippen molar-refractivity contribution in [3.63, 3.8) is 0 Å². The van der Waals surface area contributed by atoms with Crippen LogP contribution >= 0.6 is 0 Å². The van der Waals surface area contributed by atoms with Gasteiger partial charge in [0.15, 0.2) is 5.82 Å². The second-order valence-corrected chi connectivity index (χ2v) is 7.73. The summed E-state index contributed by atoms with van der Waals surface area (Å²) in [4.78, 5) is 12.1. The van der Waals surface area contributed by atoms with Crippen LogP contribution in [0.1, 0.15) is 38.1 Å². The molecule has 1 rings (SSSR count). The molecule has 0 radical (unpaired) electrons. The Balaban J connectivity index is 3.02. The molecule has 8 nitrogen and oxygen atoms in total. The first-order chi connectivity index (χ1) is 9.95. The number of sulfonamides is 1. The predicted molar refractivity (Wildman–Crippen MR) is 82.3 cm³/mol. The molecule has 0 saturated heterocycles. The predicted octanol–water partition coefficient (Wildman–Crippen LogP) is 1.15. The number of carbonyl (C=O) groups is 1. The van der Waals surface area contributed by atoms with Crippen LogP contribution in [0, 0.1) is 0 Å². The Morgan fingerprint density at radius 1 is 1.45 bits per heavy atom. The van der Waals surface area contributed by atoms with E-state index in [4.69, 9.17) is 9.47 Å². The zero-order chi connectivity index (χ0) is 17.1. The molecule has 0 amide bonds. The molecule has 1 atom stereocenters. The number of nitrogens with zero attached hydrogens (tertiary/aromatic N) is 2. The van der Waals surface area contributed by atoms with Gasteiger partial charge in [-0.1, -0.05) is 0 Å². The maximum Gasteiger partial charge on any atom is 0.344 e. The lowest BCUT2D eigenvalue weighted by molar-refractivity contribution is 0.00707. The number of carbonyl (C=O) groups excluding carboxylic acids is 1. The van der Waals surface area contributed by atoms with E-state index < -0.39 is 27.7 Å². The third-order valence-electron chi connectivity index (χ3n) is 2.67. The number of anilines is 1. The number of ether oxygens (including phenoxy) is 2. The quantitative estimate of drug-likeness (QED) is 0.784. The van der Waals surface area contributed by atoms with E-state index >= 15 is 0 Å². The Bertz CT molecular complexity index is 631. The van der Waals surface area contributed by atoms with Gasteiger partial charge in [-0.2, -0.15) is 5.10 Å². The van der Waals surface area contributed by atoms with Crippen molar-refractivity contribution in [2.75, 3.05) is 17.6 Å². The molecule has 0 fully saturated rings. The highest BCUT2D eigenvalue weighted by molar-refractivity contribution is 7.92. The van der Waals surface area contributed by atoms with Gasteiger partial charge in [-0.15, -0.1) is 0 Å². The summed E-state index contributed by atoms with van der Waals surface area (Å²) in [6.45, 7) is 6.82. The summed E-state index contributed by atoms with van der Waals surface area (Å²) in [7, 11) is -0.722. The molecule has 0 aliphatic rings. The molecule has 0 aliphatic carbocycles. The third kappa shape index (κ3) is 5.30. The number of nitrogens with one attached hydrogen (secondary N) is 1. The van der Waals surface area contributed by atoms with Crippen LogP contribution in [0.15, 0.2) is 6.20 Å². The number of aryl methyl sites for hydroxylation is 1. The Kier molecular flexibility index (Phi) is 5.58. The van der Waals surface area contributed by atoms with Crippen LogP contribution in [-0.2, 0) is 26.5 Å². The van der Waals surface area contributed by atoms with Crippen LogP contribution in [0.3, 0.4) is 0 Å². The number of esters is 1. The minimum Gasteiger partial charge on any atom is -0.456 e. The summed E-state index contributed by atoms with van der Waals surface area (Å²) < 4.78 is 38.0. The Hall–Kier alpha value is -1.61. The van der Waals surface area contributed by atoms with Gasteiger partial charge >= 0.3 is 5.97 Å². The zero-order valence-electron chi connectivity index (χ0n) is 13.7. The molecule has 0 bridgehead atoms. The Morgan fingerprint density at radius 2 is 2.05 bits per heavy atom. The fourth-order valence-corrected chi connectivity index (χ4v) is 2.98. The molecule has 0 aromatic carbocycles. The second-order valence-electron chi connectivity index (χ2n) is 5.96. The molecule has 1 heterocycles. The van der Waals surface area contributed by atoms with E-state index in [9.17, 15) is 13.2 Å². The summed E-state index contributed by atoms with van der Waals surface area (Å²) in [5.41, 5.74) is -0.626. The van der Waals surface area contributed by atoms with Crippen LogP contribution < -0.4 is 4.72 Å². The number of aromatic nitrogens is 2. The van der Waals surface area contributed by atoms with Crippen LogP contribution in [-0.4, -0.2) is 48.7 Å². The van der Waals surface area contributed by atoms with E-state index in [0.29, 0.717) is 0 Å². The van der Waals surface area contributed by atoms with Gasteiger partial charge in [0.2, 0.25) is 10.0 Å². The molecular weight excluding hydrogens is 310 g/mol. The van der Waals surface area contributed by atoms with Gasteiger partial charge in [-0.25, -0.2) is 13.2 Å². The normalized spacial score (nSPS) is 13.7. The minimum absolute atomic E-state index is 0.0612. The van der Waals surface area contributed by atoms with Gasteiger partial charge < -0.3 is 9.47 Å². The highest BCUT2D eigenvalue weighted by atomic mass is 32.2. The first-order valence-corrected chi connectivity index (χ1v) is 8.39. The summed E-state index contributed by atoms with van der Waals surface area (Å²) >= 11 is 0. The smallest absolute Gasteiger partial charge is 0.344 e. The van der Waals surface area contributed by atoms with Gasteiger partial charge in [-0.3, -0.25) is 9.40 Å². The lowest BCUT2D eigenvalue weighted by atomic mass is 10.2. The van der Waals surface area contributed by atoms with E-state index in [2.05, 4.69) is 9.82 Å². The van der Waals surface area contributed by atoms with Gasteiger partial charge in [0, 0.05) is 14.2 Å². The lowest BCUT2D eigenvalue weighted by Crippen LogP contribution is -2.28. The van der Waals surface area contributed by atoms with Crippen molar-refractivity contribution >= 4 is 21.8 Å². The largest absolute Gasteiger partial charge is 0.456 e. The standard InChI is InChI=1S/C13H23N3O5S/c1-9(20-6)8-22(18,19)15-11-10(7-14-16(11)5)12(17)21-13(2,3)4/h7,9,15H,8H2,1-6H3. The minimum atomic E-state index is -3.68. The second kappa shape index (κ2) is 6.66. The van der Waals surface area contributed by atoms with E-state index in [1.54, 1.807) is 27.7 Å². The average molecular weight is 333 g/mol. The van der Waals surface area contributed by atoms with E-state index in [-0.39, 0.29) is 17.1 Å². The number of rotatable bonds is 6. The summed E-state index contributed by atoms with van der Waals surface area (Å²) in [5.74, 6) is -0.807.